The monoisotopic (exact) mass is 614 g/mol. The maximum atomic E-state index is 14.0. The van der Waals surface area contributed by atoms with Crippen LogP contribution in [0.25, 0.3) is 11.5 Å². The van der Waals surface area contributed by atoms with Crippen LogP contribution in [0.15, 0.2) is 52.9 Å². The summed E-state index contributed by atoms with van der Waals surface area (Å²) in [6.07, 6.45) is 9.72. The topological polar surface area (TPSA) is 115 Å². The summed E-state index contributed by atoms with van der Waals surface area (Å²) >= 11 is 0. The van der Waals surface area contributed by atoms with Crippen molar-refractivity contribution in [1.29, 1.82) is 0 Å². The van der Waals surface area contributed by atoms with Gasteiger partial charge in [-0.1, -0.05) is 37.5 Å². The quantitative estimate of drug-likeness (QED) is 0.423. The highest BCUT2D eigenvalue weighted by Gasteiger charge is 2.44. The van der Waals surface area contributed by atoms with Gasteiger partial charge < -0.3 is 24.4 Å². The smallest absolute Gasteiger partial charge is 0.275 e. The van der Waals surface area contributed by atoms with E-state index in [9.17, 15) is 14.4 Å². The standard InChI is InChI=1S/C35H46N6O4/c1-25-15-16-32(45-25)29-22-30(38-37-29)35(44)41-24-28-21-31(41)33(42)36-17-8-9-18-39(23-26-11-4-2-5-12-26)19-10-20-40(28)34(43)27-13-6-3-7-14-27/h3,6-7,13-16,22,26,28,31H,2,4-5,8-12,17-21,23-24H2,1H3,(H,36,42)(H,37,38)/t28-,31-/m0/s1. The van der Waals surface area contributed by atoms with E-state index in [2.05, 4.69) is 20.4 Å². The van der Waals surface area contributed by atoms with E-state index in [0.717, 1.165) is 50.6 Å². The second kappa shape index (κ2) is 14.5. The number of carbonyl (C=O) groups is 3. The molecule has 3 aliphatic rings. The van der Waals surface area contributed by atoms with E-state index < -0.39 is 6.04 Å². The highest BCUT2D eigenvalue weighted by atomic mass is 16.3. The molecule has 2 saturated heterocycles. The van der Waals surface area contributed by atoms with Gasteiger partial charge in [-0.2, -0.15) is 5.10 Å². The number of carbonyl (C=O) groups excluding carboxylic acids is 3. The van der Waals surface area contributed by atoms with Gasteiger partial charge in [0.05, 0.1) is 6.04 Å². The van der Waals surface area contributed by atoms with Crippen LogP contribution in [-0.4, -0.2) is 94.0 Å². The molecule has 3 fully saturated rings. The second-order valence-corrected chi connectivity index (χ2v) is 13.0. The number of H-pyrrole nitrogens is 1. The molecule has 2 atom stereocenters. The van der Waals surface area contributed by atoms with E-state index in [1.165, 1.54) is 32.1 Å². The van der Waals surface area contributed by atoms with Gasteiger partial charge in [-0.25, -0.2) is 0 Å². The summed E-state index contributed by atoms with van der Waals surface area (Å²) in [5.74, 6) is 1.53. The Hall–Kier alpha value is -3.92. The maximum Gasteiger partial charge on any atom is 0.275 e. The molecule has 10 heteroatoms. The van der Waals surface area contributed by atoms with Crippen molar-refractivity contribution in [3.63, 3.8) is 0 Å². The fourth-order valence-corrected chi connectivity index (χ4v) is 7.28. The lowest BCUT2D eigenvalue weighted by atomic mass is 9.89. The first-order valence-corrected chi connectivity index (χ1v) is 16.8. The summed E-state index contributed by atoms with van der Waals surface area (Å²) in [6.45, 7) is 6.29. The molecular formula is C35H46N6O4. The van der Waals surface area contributed by atoms with E-state index >= 15 is 0 Å². The summed E-state index contributed by atoms with van der Waals surface area (Å²) < 4.78 is 5.70. The van der Waals surface area contributed by atoms with Crippen LogP contribution in [0.1, 0.15) is 84.4 Å². The number of hydrogen-bond acceptors (Lipinski definition) is 6. The van der Waals surface area contributed by atoms with E-state index in [-0.39, 0.29) is 36.0 Å². The molecule has 4 heterocycles. The lowest BCUT2D eigenvalue weighted by Gasteiger charge is -2.32. The lowest BCUT2D eigenvalue weighted by Crippen LogP contribution is -2.46. The van der Waals surface area contributed by atoms with Crippen molar-refractivity contribution in [3.8, 4) is 11.5 Å². The Morgan fingerprint density at radius 3 is 2.49 bits per heavy atom. The maximum absolute atomic E-state index is 14.0. The minimum absolute atomic E-state index is 0.0600. The molecule has 6 rings (SSSR count). The molecule has 3 amide bonds. The van der Waals surface area contributed by atoms with Crippen molar-refractivity contribution in [3.05, 3.63) is 65.5 Å². The number of furan rings is 1. The van der Waals surface area contributed by atoms with E-state index in [1.54, 1.807) is 11.0 Å². The predicted octanol–water partition coefficient (Wildman–Crippen LogP) is 4.89. The minimum Gasteiger partial charge on any atom is -0.460 e. The zero-order chi connectivity index (χ0) is 31.2. The fourth-order valence-electron chi connectivity index (χ4n) is 7.28. The van der Waals surface area contributed by atoms with Crippen LogP contribution >= 0.6 is 0 Å². The van der Waals surface area contributed by atoms with Crippen LogP contribution in [0.5, 0.6) is 0 Å². The summed E-state index contributed by atoms with van der Waals surface area (Å²) in [5.41, 5.74) is 1.43. The number of nitrogens with one attached hydrogen (secondary N) is 2. The molecule has 0 spiro atoms. The number of hydrogen-bond donors (Lipinski definition) is 2. The van der Waals surface area contributed by atoms with Crippen molar-refractivity contribution in [2.45, 2.75) is 76.8 Å². The molecule has 1 aromatic carbocycles. The molecule has 1 aliphatic carbocycles. The van der Waals surface area contributed by atoms with Crippen LogP contribution in [0.2, 0.25) is 0 Å². The van der Waals surface area contributed by atoms with Crippen molar-refractivity contribution < 1.29 is 18.8 Å². The zero-order valence-electron chi connectivity index (χ0n) is 26.4. The Bertz CT molecular complexity index is 1440. The van der Waals surface area contributed by atoms with Crippen molar-refractivity contribution in [2.24, 2.45) is 5.92 Å². The first kappa shape index (κ1) is 31.1. The average molecular weight is 615 g/mol. The number of aromatic nitrogens is 2. The summed E-state index contributed by atoms with van der Waals surface area (Å²) in [4.78, 5) is 47.7. The molecule has 0 unspecified atom stereocenters. The Morgan fingerprint density at radius 1 is 0.911 bits per heavy atom. The molecule has 0 radical (unpaired) electrons. The van der Waals surface area contributed by atoms with Crippen LogP contribution in [0.4, 0.5) is 0 Å². The highest BCUT2D eigenvalue weighted by molar-refractivity contribution is 5.98. The Kier molecular flexibility index (Phi) is 9.98. The third kappa shape index (κ3) is 7.49. The molecule has 240 valence electrons. The molecule has 3 aromatic rings. The van der Waals surface area contributed by atoms with Crippen molar-refractivity contribution in [1.82, 2.24) is 30.2 Å². The Balaban J connectivity index is 1.24. The number of aromatic amines is 1. The van der Waals surface area contributed by atoms with E-state index in [0.29, 0.717) is 36.5 Å². The largest absolute Gasteiger partial charge is 0.460 e. The highest BCUT2D eigenvalue weighted by Crippen LogP contribution is 2.29. The predicted molar refractivity (Wildman–Crippen MR) is 172 cm³/mol. The van der Waals surface area contributed by atoms with Gasteiger partial charge in [0.1, 0.15) is 17.5 Å². The molecule has 45 heavy (non-hydrogen) atoms. The van der Waals surface area contributed by atoms with Crippen molar-refractivity contribution >= 4 is 17.7 Å². The first-order valence-electron chi connectivity index (χ1n) is 16.8. The number of aryl methyl sites for hydroxylation is 1. The van der Waals surface area contributed by atoms with Gasteiger partial charge in [0.2, 0.25) is 5.91 Å². The molecule has 1 saturated carbocycles. The van der Waals surface area contributed by atoms with Crippen LogP contribution < -0.4 is 5.32 Å². The minimum atomic E-state index is -0.690. The number of amides is 3. The van der Waals surface area contributed by atoms with Crippen LogP contribution in [0, 0.1) is 12.8 Å². The average Bonchev–Trinajstić information content (AvgIpc) is 3.83. The lowest BCUT2D eigenvalue weighted by molar-refractivity contribution is -0.124. The number of fused-ring (bicyclic) bond motifs is 2. The van der Waals surface area contributed by atoms with Crippen LogP contribution in [-0.2, 0) is 4.79 Å². The van der Waals surface area contributed by atoms with E-state index in [1.807, 2.05) is 54.3 Å². The fraction of sp³-hybridized carbons (Fsp3) is 0.543. The van der Waals surface area contributed by atoms with Gasteiger partial charge in [-0.15, -0.1) is 0 Å². The van der Waals surface area contributed by atoms with Gasteiger partial charge in [0.15, 0.2) is 11.5 Å². The Morgan fingerprint density at radius 2 is 1.71 bits per heavy atom. The first-order chi connectivity index (χ1) is 22.0. The molecule has 2 aliphatic heterocycles. The SMILES string of the molecule is Cc1ccc(-c2cc(C(=O)N3C[C@@H]4C[C@H]3C(=O)NCCCCN(CC3CCCCC3)CCCN4C(=O)c3ccccc3)n[nH]2)o1. The third-order valence-electron chi connectivity index (χ3n) is 9.68. The van der Waals surface area contributed by atoms with Gasteiger partial charge >= 0.3 is 0 Å². The molecule has 2 N–H and O–H groups in total. The summed E-state index contributed by atoms with van der Waals surface area (Å²) in [6, 6.07) is 13.7. The van der Waals surface area contributed by atoms with Gasteiger partial charge in [0.25, 0.3) is 11.8 Å². The van der Waals surface area contributed by atoms with Gasteiger partial charge in [0, 0.05) is 37.8 Å². The number of benzene rings is 1. The number of likely N-dealkylation sites (tertiary alicyclic amines) is 1. The molecular weight excluding hydrogens is 568 g/mol. The Labute approximate surface area is 265 Å². The normalized spacial score (nSPS) is 22.6. The second-order valence-electron chi connectivity index (χ2n) is 13.0. The van der Waals surface area contributed by atoms with Gasteiger partial charge in [-0.05, 0) is 88.7 Å². The summed E-state index contributed by atoms with van der Waals surface area (Å²) in [7, 11) is 0. The van der Waals surface area contributed by atoms with E-state index in [4.69, 9.17) is 4.42 Å². The van der Waals surface area contributed by atoms with Crippen molar-refractivity contribution in [2.75, 3.05) is 39.3 Å². The zero-order valence-corrected chi connectivity index (χ0v) is 26.4. The molecule has 2 bridgehead atoms. The number of rotatable bonds is 5. The third-order valence-corrected chi connectivity index (χ3v) is 9.68. The summed E-state index contributed by atoms with van der Waals surface area (Å²) in [5, 5.41) is 10.3. The molecule has 10 nitrogen and oxygen atoms in total. The van der Waals surface area contributed by atoms with Gasteiger partial charge in [-0.3, -0.25) is 19.5 Å². The number of nitrogens with zero attached hydrogens (tertiary/aromatic N) is 4. The van der Waals surface area contributed by atoms with Crippen LogP contribution in [0.3, 0.4) is 0 Å². The molecule has 2 aromatic heterocycles.